The third-order valence-corrected chi connectivity index (χ3v) is 4.72. The summed E-state index contributed by atoms with van der Waals surface area (Å²) in [5.74, 6) is 0. The van der Waals surface area contributed by atoms with Gasteiger partial charge in [0.2, 0.25) is 0 Å². The van der Waals surface area contributed by atoms with E-state index in [4.69, 9.17) is 0 Å². The maximum absolute atomic E-state index is 3.37. The molecule has 0 aromatic heterocycles. The quantitative estimate of drug-likeness (QED) is 0.794. The van der Waals surface area contributed by atoms with Crippen LogP contribution in [0.15, 0.2) is 30.3 Å². The molecule has 0 spiro atoms. The molecule has 2 fully saturated rings. The first-order chi connectivity index (χ1) is 9.92. The number of nitrogens with one attached hydrogen (secondary N) is 1. The van der Waals surface area contributed by atoms with E-state index in [1.54, 1.807) is 0 Å². The third kappa shape index (κ3) is 3.81. The highest BCUT2D eigenvalue weighted by atomic mass is 15.3. The molecule has 2 heterocycles. The zero-order valence-corrected chi connectivity index (χ0v) is 12.4. The summed E-state index contributed by atoms with van der Waals surface area (Å²) in [6.45, 7) is 8.76. The molecule has 1 aromatic rings. The van der Waals surface area contributed by atoms with Crippen LogP contribution in [0.2, 0.25) is 0 Å². The second-order valence-corrected chi connectivity index (χ2v) is 6.13. The summed E-state index contributed by atoms with van der Waals surface area (Å²) in [5, 5.41) is 3.37. The zero-order chi connectivity index (χ0) is 13.6. The van der Waals surface area contributed by atoms with E-state index in [0.29, 0.717) is 0 Å². The fourth-order valence-corrected chi connectivity index (χ4v) is 3.19. The number of piperazine rings is 1. The Bertz CT molecular complexity index is 380. The summed E-state index contributed by atoms with van der Waals surface area (Å²) in [4.78, 5) is 5.31. The molecule has 2 aliphatic heterocycles. The smallest absolute Gasteiger partial charge is 0.0346 e. The van der Waals surface area contributed by atoms with Crippen LogP contribution >= 0.6 is 0 Å². The van der Waals surface area contributed by atoms with Gasteiger partial charge in [-0.1, -0.05) is 30.3 Å². The largest absolute Gasteiger partial charge is 0.314 e. The van der Waals surface area contributed by atoms with Crippen molar-refractivity contribution >= 4 is 0 Å². The first kappa shape index (κ1) is 14.1. The van der Waals surface area contributed by atoms with E-state index in [2.05, 4.69) is 45.4 Å². The van der Waals surface area contributed by atoms with Crippen LogP contribution in [0.3, 0.4) is 0 Å². The molecule has 3 rings (SSSR count). The Morgan fingerprint density at radius 1 is 0.950 bits per heavy atom. The van der Waals surface area contributed by atoms with Gasteiger partial charge in [-0.05, 0) is 31.4 Å². The summed E-state index contributed by atoms with van der Waals surface area (Å²) >= 11 is 0. The van der Waals surface area contributed by atoms with Gasteiger partial charge < -0.3 is 10.2 Å². The Morgan fingerprint density at radius 3 is 2.35 bits per heavy atom. The van der Waals surface area contributed by atoms with Crippen molar-refractivity contribution in [3.8, 4) is 0 Å². The maximum atomic E-state index is 3.37. The van der Waals surface area contributed by atoms with Gasteiger partial charge in [0.05, 0.1) is 0 Å². The van der Waals surface area contributed by atoms with Crippen LogP contribution in [0.4, 0.5) is 0 Å². The molecule has 0 aliphatic carbocycles. The molecule has 2 aliphatic rings. The second-order valence-electron chi connectivity index (χ2n) is 6.13. The molecule has 3 heteroatoms. The van der Waals surface area contributed by atoms with Gasteiger partial charge in [0.25, 0.3) is 0 Å². The van der Waals surface area contributed by atoms with Crippen LogP contribution in [0.5, 0.6) is 0 Å². The number of hydrogen-bond acceptors (Lipinski definition) is 3. The molecule has 0 saturated carbocycles. The van der Waals surface area contributed by atoms with Crippen LogP contribution in [0.25, 0.3) is 0 Å². The summed E-state index contributed by atoms with van der Waals surface area (Å²) in [7, 11) is 0. The lowest BCUT2D eigenvalue weighted by atomic mass is 10.1. The first-order valence-electron chi connectivity index (χ1n) is 8.13. The second kappa shape index (κ2) is 7.21. The van der Waals surface area contributed by atoms with Crippen LogP contribution in [-0.2, 0) is 6.42 Å². The molecule has 0 radical (unpaired) electrons. The predicted octanol–water partition coefficient (Wildman–Crippen LogP) is 1.60. The van der Waals surface area contributed by atoms with E-state index < -0.39 is 0 Å². The fourth-order valence-electron chi connectivity index (χ4n) is 3.19. The molecule has 1 aromatic carbocycles. The minimum atomic E-state index is 0.829. The molecule has 3 nitrogen and oxygen atoms in total. The molecule has 0 amide bonds. The lowest BCUT2D eigenvalue weighted by Gasteiger charge is -2.43. The Labute approximate surface area is 123 Å². The molecule has 2 saturated heterocycles. The van der Waals surface area contributed by atoms with E-state index >= 15 is 0 Å². The van der Waals surface area contributed by atoms with Gasteiger partial charge in [-0.2, -0.15) is 0 Å². The van der Waals surface area contributed by atoms with Gasteiger partial charge in [0, 0.05) is 45.3 Å². The van der Waals surface area contributed by atoms with Gasteiger partial charge in [0.1, 0.15) is 0 Å². The van der Waals surface area contributed by atoms with E-state index in [0.717, 1.165) is 6.04 Å². The Hall–Kier alpha value is -0.900. The van der Waals surface area contributed by atoms with E-state index in [1.807, 2.05) is 0 Å². The van der Waals surface area contributed by atoms with Crippen molar-refractivity contribution in [2.45, 2.75) is 25.3 Å². The lowest BCUT2D eigenvalue weighted by molar-refractivity contribution is 0.0722. The van der Waals surface area contributed by atoms with Crippen molar-refractivity contribution in [1.29, 1.82) is 0 Å². The number of rotatable bonds is 6. The topological polar surface area (TPSA) is 18.5 Å². The van der Waals surface area contributed by atoms with Gasteiger partial charge >= 0.3 is 0 Å². The van der Waals surface area contributed by atoms with Crippen molar-refractivity contribution < 1.29 is 0 Å². The van der Waals surface area contributed by atoms with Crippen LogP contribution in [-0.4, -0.2) is 61.7 Å². The fraction of sp³-hybridized carbons (Fsp3) is 0.647. The molecule has 0 bridgehead atoms. The number of aryl methyl sites for hydroxylation is 1. The Morgan fingerprint density at radius 2 is 1.70 bits per heavy atom. The minimum absolute atomic E-state index is 0.829. The molecule has 20 heavy (non-hydrogen) atoms. The van der Waals surface area contributed by atoms with E-state index in [1.165, 1.54) is 70.6 Å². The summed E-state index contributed by atoms with van der Waals surface area (Å²) < 4.78 is 0. The van der Waals surface area contributed by atoms with Gasteiger partial charge in [-0.25, -0.2) is 0 Å². The molecular formula is C17H27N3. The van der Waals surface area contributed by atoms with Crippen LogP contribution in [0, 0.1) is 0 Å². The summed E-state index contributed by atoms with van der Waals surface area (Å²) in [6, 6.07) is 11.7. The normalized spacial score (nSPS) is 21.8. The minimum Gasteiger partial charge on any atom is -0.314 e. The third-order valence-electron chi connectivity index (χ3n) is 4.72. The highest BCUT2D eigenvalue weighted by Crippen LogP contribution is 2.11. The number of hydrogen-bond donors (Lipinski definition) is 1. The standard InChI is InChI=1S/C17H27N3/c1-2-6-16(7-3-1)8-4-5-9-19-10-12-20(13-11-19)17-14-18-15-17/h1-3,6-7,17-18H,4-5,8-15H2. The van der Waals surface area contributed by atoms with Crippen molar-refractivity contribution in [2.24, 2.45) is 0 Å². The molecule has 0 atom stereocenters. The van der Waals surface area contributed by atoms with E-state index in [9.17, 15) is 0 Å². The highest BCUT2D eigenvalue weighted by molar-refractivity contribution is 5.14. The highest BCUT2D eigenvalue weighted by Gasteiger charge is 2.27. The lowest BCUT2D eigenvalue weighted by Crippen LogP contribution is -2.61. The van der Waals surface area contributed by atoms with Crippen LogP contribution < -0.4 is 5.32 Å². The van der Waals surface area contributed by atoms with Gasteiger partial charge in [-0.3, -0.25) is 4.90 Å². The maximum Gasteiger partial charge on any atom is 0.0346 e. The number of benzene rings is 1. The van der Waals surface area contributed by atoms with E-state index in [-0.39, 0.29) is 0 Å². The average molecular weight is 273 g/mol. The zero-order valence-electron chi connectivity index (χ0n) is 12.4. The molecular weight excluding hydrogens is 246 g/mol. The molecule has 110 valence electrons. The first-order valence-corrected chi connectivity index (χ1v) is 8.13. The average Bonchev–Trinajstić information content (AvgIpc) is 2.45. The van der Waals surface area contributed by atoms with Crippen LogP contribution in [0.1, 0.15) is 18.4 Å². The van der Waals surface area contributed by atoms with Crippen molar-refractivity contribution in [2.75, 3.05) is 45.8 Å². The predicted molar refractivity (Wildman–Crippen MR) is 84.1 cm³/mol. The Balaban J connectivity index is 1.28. The van der Waals surface area contributed by atoms with Gasteiger partial charge in [0.15, 0.2) is 0 Å². The van der Waals surface area contributed by atoms with Gasteiger partial charge in [-0.15, -0.1) is 0 Å². The SMILES string of the molecule is c1ccc(CCCCN2CCN(C3CNC3)CC2)cc1. The Kier molecular flexibility index (Phi) is 5.06. The van der Waals surface area contributed by atoms with Crippen molar-refractivity contribution in [3.63, 3.8) is 0 Å². The van der Waals surface area contributed by atoms with Crippen molar-refractivity contribution in [3.05, 3.63) is 35.9 Å². The molecule has 0 unspecified atom stereocenters. The summed E-state index contributed by atoms with van der Waals surface area (Å²) in [5.41, 5.74) is 1.48. The number of unbranched alkanes of at least 4 members (excludes halogenated alkanes) is 1. The molecule has 1 N–H and O–H groups in total. The monoisotopic (exact) mass is 273 g/mol. The number of nitrogens with zero attached hydrogens (tertiary/aromatic N) is 2. The van der Waals surface area contributed by atoms with Crippen molar-refractivity contribution in [1.82, 2.24) is 15.1 Å². The summed E-state index contributed by atoms with van der Waals surface area (Å²) in [6.07, 6.45) is 3.88.